The molecule has 2 N–H and O–H groups in total. The number of aromatic nitrogens is 4. The van der Waals surface area contributed by atoms with Gasteiger partial charge in [0.05, 0.1) is 30.0 Å². The van der Waals surface area contributed by atoms with Gasteiger partial charge < -0.3 is 5.32 Å². The van der Waals surface area contributed by atoms with Crippen LogP contribution in [-0.2, 0) is 6.42 Å². The van der Waals surface area contributed by atoms with Crippen LogP contribution in [0.3, 0.4) is 0 Å². The van der Waals surface area contributed by atoms with Crippen molar-refractivity contribution in [2.75, 3.05) is 0 Å². The van der Waals surface area contributed by atoms with Crippen molar-refractivity contribution in [3.63, 3.8) is 0 Å². The summed E-state index contributed by atoms with van der Waals surface area (Å²) in [5.41, 5.74) is 3.11. The fourth-order valence-electron chi connectivity index (χ4n) is 3.81. The molecule has 0 radical (unpaired) electrons. The van der Waals surface area contributed by atoms with Gasteiger partial charge in [-0.05, 0) is 32.1 Å². The number of H-pyrrole nitrogens is 1. The maximum atomic E-state index is 12.2. The first kappa shape index (κ1) is 13.5. The summed E-state index contributed by atoms with van der Waals surface area (Å²) < 4.78 is 2.23. The third-order valence-corrected chi connectivity index (χ3v) is 4.95. The van der Waals surface area contributed by atoms with E-state index in [1.54, 1.807) is 12.4 Å². The van der Waals surface area contributed by atoms with E-state index in [0.29, 0.717) is 11.6 Å². The van der Waals surface area contributed by atoms with Crippen molar-refractivity contribution in [2.45, 2.75) is 57.0 Å². The first-order valence-electron chi connectivity index (χ1n) is 8.19. The zero-order valence-corrected chi connectivity index (χ0v) is 12.6. The molecule has 116 valence electrons. The van der Waals surface area contributed by atoms with Crippen molar-refractivity contribution in [2.24, 2.45) is 0 Å². The molecule has 1 saturated carbocycles. The standard InChI is InChI=1S/C16H21N5O/c22-16(11-8-17-18-9-11)20-14-6-3-7-15-13(14)10-19-21(15)12-4-1-2-5-12/h8-10,12,14H,1-7H2,(H,17,18)(H,20,22). The van der Waals surface area contributed by atoms with Gasteiger partial charge in [-0.3, -0.25) is 14.6 Å². The highest BCUT2D eigenvalue weighted by Crippen LogP contribution is 2.35. The second kappa shape index (κ2) is 5.59. The predicted octanol–water partition coefficient (Wildman–Crippen LogP) is 2.53. The van der Waals surface area contributed by atoms with Gasteiger partial charge in [0.15, 0.2) is 0 Å². The Balaban J connectivity index is 1.56. The molecule has 2 heterocycles. The van der Waals surface area contributed by atoms with Crippen molar-refractivity contribution in [3.05, 3.63) is 35.4 Å². The summed E-state index contributed by atoms with van der Waals surface area (Å²) in [6, 6.07) is 0.633. The lowest BCUT2D eigenvalue weighted by Gasteiger charge is -2.25. The van der Waals surface area contributed by atoms with E-state index in [-0.39, 0.29) is 11.9 Å². The third kappa shape index (κ3) is 2.32. The van der Waals surface area contributed by atoms with Gasteiger partial charge in [0, 0.05) is 17.5 Å². The fourth-order valence-corrected chi connectivity index (χ4v) is 3.81. The van der Waals surface area contributed by atoms with Gasteiger partial charge in [0.2, 0.25) is 0 Å². The lowest BCUT2D eigenvalue weighted by Crippen LogP contribution is -2.31. The molecule has 2 aliphatic rings. The summed E-state index contributed by atoms with van der Waals surface area (Å²) in [4.78, 5) is 12.2. The van der Waals surface area contributed by atoms with Crippen LogP contribution in [0.4, 0.5) is 0 Å². The lowest BCUT2D eigenvalue weighted by molar-refractivity contribution is 0.0932. The Labute approximate surface area is 129 Å². The maximum absolute atomic E-state index is 12.2. The first-order chi connectivity index (χ1) is 10.8. The minimum atomic E-state index is -0.0692. The van der Waals surface area contributed by atoms with Crippen LogP contribution in [0.5, 0.6) is 0 Å². The average molecular weight is 299 g/mol. The van der Waals surface area contributed by atoms with Gasteiger partial charge in [-0.15, -0.1) is 0 Å². The lowest BCUT2D eigenvalue weighted by atomic mass is 9.92. The molecule has 0 saturated heterocycles. The van der Waals surface area contributed by atoms with Crippen LogP contribution in [0.15, 0.2) is 18.6 Å². The number of fused-ring (bicyclic) bond motifs is 1. The van der Waals surface area contributed by atoms with Gasteiger partial charge in [-0.25, -0.2) is 0 Å². The Kier molecular flexibility index (Phi) is 3.44. The molecular weight excluding hydrogens is 278 g/mol. The van der Waals surface area contributed by atoms with Crippen LogP contribution < -0.4 is 5.32 Å². The zero-order chi connectivity index (χ0) is 14.9. The fraction of sp³-hybridized carbons (Fsp3) is 0.562. The number of nitrogens with zero attached hydrogens (tertiary/aromatic N) is 3. The molecule has 0 bridgehead atoms. The van der Waals surface area contributed by atoms with Crippen molar-refractivity contribution < 1.29 is 4.79 Å². The van der Waals surface area contributed by atoms with Crippen molar-refractivity contribution >= 4 is 5.91 Å². The van der Waals surface area contributed by atoms with E-state index in [9.17, 15) is 4.79 Å². The number of nitrogens with one attached hydrogen (secondary N) is 2. The molecular formula is C16H21N5O. The number of carbonyl (C=O) groups excluding carboxylic acids is 1. The molecule has 0 aliphatic heterocycles. The van der Waals surface area contributed by atoms with E-state index in [1.807, 2.05) is 6.20 Å². The highest BCUT2D eigenvalue weighted by molar-refractivity contribution is 5.93. The molecule has 22 heavy (non-hydrogen) atoms. The Bertz CT molecular complexity index is 654. The van der Waals surface area contributed by atoms with Crippen LogP contribution >= 0.6 is 0 Å². The Hall–Kier alpha value is -2.11. The van der Waals surface area contributed by atoms with Crippen molar-refractivity contribution in [3.8, 4) is 0 Å². The second-order valence-corrected chi connectivity index (χ2v) is 6.33. The molecule has 1 atom stereocenters. The predicted molar refractivity (Wildman–Crippen MR) is 81.5 cm³/mol. The van der Waals surface area contributed by atoms with Crippen LogP contribution in [0, 0.1) is 0 Å². The minimum Gasteiger partial charge on any atom is -0.345 e. The summed E-state index contributed by atoms with van der Waals surface area (Å²) in [6.07, 6.45) is 13.4. The molecule has 1 fully saturated rings. The monoisotopic (exact) mass is 299 g/mol. The van der Waals surface area contributed by atoms with Crippen LogP contribution in [0.1, 0.15) is 72.2 Å². The SMILES string of the molecule is O=C(NC1CCCc2c1cnn2C1CCCC1)c1cn[nH]c1. The Morgan fingerprint density at radius 2 is 2.09 bits per heavy atom. The molecule has 0 aromatic carbocycles. The van der Waals surface area contributed by atoms with E-state index in [0.717, 1.165) is 19.3 Å². The molecule has 0 spiro atoms. The number of amides is 1. The van der Waals surface area contributed by atoms with E-state index in [2.05, 4.69) is 25.3 Å². The topological polar surface area (TPSA) is 75.6 Å². The summed E-state index contributed by atoms with van der Waals surface area (Å²) in [6.45, 7) is 0. The summed E-state index contributed by atoms with van der Waals surface area (Å²) in [5, 5.41) is 14.3. The van der Waals surface area contributed by atoms with E-state index in [1.165, 1.54) is 36.9 Å². The number of carbonyl (C=O) groups is 1. The minimum absolute atomic E-state index is 0.0692. The van der Waals surface area contributed by atoms with Gasteiger partial charge in [-0.2, -0.15) is 10.2 Å². The zero-order valence-electron chi connectivity index (χ0n) is 12.6. The van der Waals surface area contributed by atoms with Gasteiger partial charge in [0.1, 0.15) is 0 Å². The molecule has 2 aliphatic carbocycles. The highest BCUT2D eigenvalue weighted by atomic mass is 16.1. The smallest absolute Gasteiger partial charge is 0.254 e. The molecule has 1 unspecified atom stereocenters. The quantitative estimate of drug-likeness (QED) is 0.914. The highest BCUT2D eigenvalue weighted by Gasteiger charge is 2.29. The van der Waals surface area contributed by atoms with E-state index in [4.69, 9.17) is 0 Å². The van der Waals surface area contributed by atoms with Gasteiger partial charge in [-0.1, -0.05) is 12.8 Å². The summed E-state index contributed by atoms with van der Waals surface area (Å²) in [7, 11) is 0. The van der Waals surface area contributed by atoms with Crippen molar-refractivity contribution in [1.29, 1.82) is 0 Å². The molecule has 2 aromatic rings. The van der Waals surface area contributed by atoms with Crippen molar-refractivity contribution in [1.82, 2.24) is 25.3 Å². The third-order valence-electron chi connectivity index (χ3n) is 4.95. The molecule has 6 nitrogen and oxygen atoms in total. The van der Waals surface area contributed by atoms with E-state index >= 15 is 0 Å². The maximum Gasteiger partial charge on any atom is 0.254 e. The Morgan fingerprint density at radius 3 is 2.86 bits per heavy atom. The van der Waals surface area contributed by atoms with E-state index < -0.39 is 0 Å². The normalized spacial score (nSPS) is 21.7. The average Bonchev–Trinajstić information content (AvgIpc) is 3.27. The van der Waals surface area contributed by atoms with Gasteiger partial charge >= 0.3 is 0 Å². The number of hydrogen-bond donors (Lipinski definition) is 2. The molecule has 1 amide bonds. The summed E-state index contributed by atoms with van der Waals surface area (Å²) in [5.74, 6) is -0.0692. The second-order valence-electron chi connectivity index (χ2n) is 6.33. The molecule has 2 aromatic heterocycles. The number of rotatable bonds is 3. The van der Waals surface area contributed by atoms with Crippen LogP contribution in [-0.4, -0.2) is 25.9 Å². The largest absolute Gasteiger partial charge is 0.345 e. The number of hydrogen-bond acceptors (Lipinski definition) is 3. The molecule has 6 heteroatoms. The van der Waals surface area contributed by atoms with Crippen LogP contribution in [0.25, 0.3) is 0 Å². The van der Waals surface area contributed by atoms with Gasteiger partial charge in [0.25, 0.3) is 5.91 Å². The number of aromatic amines is 1. The molecule has 4 rings (SSSR count). The first-order valence-corrected chi connectivity index (χ1v) is 8.19. The van der Waals surface area contributed by atoms with Crippen LogP contribution in [0.2, 0.25) is 0 Å². The summed E-state index contributed by atoms with van der Waals surface area (Å²) >= 11 is 0. The Morgan fingerprint density at radius 1 is 1.23 bits per heavy atom.